The number of rotatable bonds is 0. The van der Waals surface area contributed by atoms with Crippen LogP contribution in [0.15, 0.2) is 11.1 Å². The van der Waals surface area contributed by atoms with Crippen LogP contribution in [0.1, 0.15) is 13.8 Å². The molecule has 40 valence electrons. The minimum Gasteiger partial charge on any atom is -0.153 e. The molecule has 0 atom stereocenters. The van der Waals surface area contributed by atoms with Gasteiger partial charge in [0.05, 0.1) is 0 Å². The molecule has 0 bridgehead atoms. The lowest BCUT2D eigenvalue weighted by atomic mass is 10.2. The van der Waals surface area contributed by atoms with Gasteiger partial charge in [0, 0.05) is 11.5 Å². The lowest BCUT2D eigenvalue weighted by molar-refractivity contribution is 1.29. The molecular formula is C6H10S. The van der Waals surface area contributed by atoms with Crippen molar-refractivity contribution < 1.29 is 0 Å². The van der Waals surface area contributed by atoms with Gasteiger partial charge < -0.3 is 0 Å². The average Bonchev–Trinajstić information content (AvgIpc) is 1.91. The molecule has 0 spiro atoms. The largest absolute Gasteiger partial charge is 0.153 e. The Balaban J connectivity index is 2.64. The van der Waals surface area contributed by atoms with E-state index >= 15 is 0 Å². The Hall–Kier alpha value is 0.0900. The van der Waals surface area contributed by atoms with Crippen molar-refractivity contribution in [3.05, 3.63) is 11.1 Å². The summed E-state index contributed by atoms with van der Waals surface area (Å²) in [6.07, 6.45) is 0. The molecule has 0 radical (unpaired) electrons. The zero-order valence-electron chi connectivity index (χ0n) is 4.82. The molecule has 1 aliphatic heterocycles. The zero-order valence-corrected chi connectivity index (χ0v) is 5.64. The Kier molecular flexibility index (Phi) is 1.43. The van der Waals surface area contributed by atoms with E-state index in [2.05, 4.69) is 13.8 Å². The van der Waals surface area contributed by atoms with E-state index in [4.69, 9.17) is 0 Å². The highest BCUT2D eigenvalue weighted by Crippen LogP contribution is 2.22. The summed E-state index contributed by atoms with van der Waals surface area (Å²) in [5, 5.41) is 0. The molecule has 0 aliphatic carbocycles. The van der Waals surface area contributed by atoms with Crippen molar-refractivity contribution >= 4 is 11.8 Å². The summed E-state index contributed by atoms with van der Waals surface area (Å²) in [7, 11) is 0. The van der Waals surface area contributed by atoms with Crippen LogP contribution in [0, 0.1) is 0 Å². The van der Waals surface area contributed by atoms with Crippen LogP contribution in [0.3, 0.4) is 0 Å². The first-order valence-electron chi connectivity index (χ1n) is 2.53. The molecule has 1 rings (SSSR count). The van der Waals surface area contributed by atoms with E-state index in [0.717, 1.165) is 0 Å². The highest BCUT2D eigenvalue weighted by molar-refractivity contribution is 7.99. The van der Waals surface area contributed by atoms with Crippen LogP contribution >= 0.6 is 11.8 Å². The quantitative estimate of drug-likeness (QED) is 0.434. The summed E-state index contributed by atoms with van der Waals surface area (Å²) in [5.74, 6) is 2.54. The molecule has 1 heteroatoms. The van der Waals surface area contributed by atoms with Gasteiger partial charge in [-0.15, -0.1) is 0 Å². The van der Waals surface area contributed by atoms with Crippen LogP contribution in [0.4, 0.5) is 0 Å². The molecule has 0 saturated carbocycles. The van der Waals surface area contributed by atoms with E-state index in [-0.39, 0.29) is 0 Å². The topological polar surface area (TPSA) is 0 Å². The predicted octanol–water partition coefficient (Wildman–Crippen LogP) is 2.07. The van der Waals surface area contributed by atoms with Gasteiger partial charge in [0.25, 0.3) is 0 Å². The Bertz CT molecular complexity index is 90.7. The maximum Gasteiger partial charge on any atom is 0.0146 e. The molecule has 0 unspecified atom stereocenters. The minimum absolute atomic E-state index is 1.27. The number of thioether (sulfide) groups is 1. The first-order chi connectivity index (χ1) is 3.30. The van der Waals surface area contributed by atoms with Crippen LogP contribution in [-0.2, 0) is 0 Å². The summed E-state index contributed by atoms with van der Waals surface area (Å²) in [5.41, 5.74) is 3.18. The Morgan fingerprint density at radius 1 is 1.14 bits per heavy atom. The molecule has 1 aliphatic rings. The van der Waals surface area contributed by atoms with Gasteiger partial charge >= 0.3 is 0 Å². The molecule has 0 fully saturated rings. The highest BCUT2D eigenvalue weighted by Gasteiger charge is 2.04. The maximum atomic E-state index is 2.22. The second kappa shape index (κ2) is 1.91. The third-order valence-corrected chi connectivity index (χ3v) is 2.64. The lowest BCUT2D eigenvalue weighted by Gasteiger charge is -1.86. The van der Waals surface area contributed by atoms with Crippen LogP contribution in [0.5, 0.6) is 0 Å². The van der Waals surface area contributed by atoms with Gasteiger partial charge in [-0.05, 0) is 13.8 Å². The monoisotopic (exact) mass is 114 g/mol. The fourth-order valence-electron chi connectivity index (χ4n) is 0.604. The summed E-state index contributed by atoms with van der Waals surface area (Å²) in [4.78, 5) is 0. The summed E-state index contributed by atoms with van der Waals surface area (Å²) in [6.45, 7) is 4.44. The molecule has 0 amide bonds. The van der Waals surface area contributed by atoms with Crippen LogP contribution in [-0.4, -0.2) is 11.5 Å². The molecule has 0 aromatic heterocycles. The maximum absolute atomic E-state index is 2.22. The first-order valence-corrected chi connectivity index (χ1v) is 3.69. The molecule has 0 nitrogen and oxygen atoms in total. The molecule has 0 aromatic rings. The van der Waals surface area contributed by atoms with Gasteiger partial charge in [0.2, 0.25) is 0 Å². The van der Waals surface area contributed by atoms with Crippen molar-refractivity contribution in [3.8, 4) is 0 Å². The summed E-state index contributed by atoms with van der Waals surface area (Å²) in [6, 6.07) is 0. The predicted molar refractivity (Wildman–Crippen MR) is 35.7 cm³/mol. The van der Waals surface area contributed by atoms with Gasteiger partial charge in [0.1, 0.15) is 0 Å². The Labute approximate surface area is 49.0 Å². The second-order valence-corrected chi connectivity index (χ2v) is 3.04. The van der Waals surface area contributed by atoms with Crippen LogP contribution in [0.25, 0.3) is 0 Å². The molecular weight excluding hydrogens is 104 g/mol. The second-order valence-electron chi connectivity index (χ2n) is 2.05. The Morgan fingerprint density at radius 2 is 1.57 bits per heavy atom. The van der Waals surface area contributed by atoms with Gasteiger partial charge in [0.15, 0.2) is 0 Å². The van der Waals surface area contributed by atoms with E-state index in [1.165, 1.54) is 11.5 Å². The van der Waals surface area contributed by atoms with E-state index in [0.29, 0.717) is 0 Å². The summed E-state index contributed by atoms with van der Waals surface area (Å²) >= 11 is 2.02. The number of hydrogen-bond donors (Lipinski definition) is 0. The van der Waals surface area contributed by atoms with Crippen molar-refractivity contribution in [1.29, 1.82) is 0 Å². The van der Waals surface area contributed by atoms with E-state index < -0.39 is 0 Å². The number of hydrogen-bond acceptors (Lipinski definition) is 1. The van der Waals surface area contributed by atoms with E-state index in [1.54, 1.807) is 11.1 Å². The third kappa shape index (κ3) is 1.00. The minimum atomic E-state index is 1.27. The van der Waals surface area contributed by atoms with Gasteiger partial charge in [-0.3, -0.25) is 0 Å². The molecule has 0 aromatic carbocycles. The van der Waals surface area contributed by atoms with Crippen molar-refractivity contribution in [3.63, 3.8) is 0 Å². The SMILES string of the molecule is CC1=C(C)CSC1. The normalized spacial score (nSPS) is 21.4. The van der Waals surface area contributed by atoms with Gasteiger partial charge in [-0.2, -0.15) is 11.8 Å². The van der Waals surface area contributed by atoms with Crippen molar-refractivity contribution in [2.45, 2.75) is 13.8 Å². The third-order valence-electron chi connectivity index (χ3n) is 1.37. The summed E-state index contributed by atoms with van der Waals surface area (Å²) < 4.78 is 0. The van der Waals surface area contributed by atoms with Gasteiger partial charge in [-0.25, -0.2) is 0 Å². The Morgan fingerprint density at radius 3 is 1.71 bits per heavy atom. The van der Waals surface area contributed by atoms with Gasteiger partial charge in [-0.1, -0.05) is 11.1 Å². The van der Waals surface area contributed by atoms with Crippen molar-refractivity contribution in [2.75, 3.05) is 11.5 Å². The lowest BCUT2D eigenvalue weighted by Crippen LogP contribution is -1.74. The van der Waals surface area contributed by atoms with Crippen LogP contribution in [0.2, 0.25) is 0 Å². The van der Waals surface area contributed by atoms with Crippen molar-refractivity contribution in [1.82, 2.24) is 0 Å². The fourth-order valence-corrected chi connectivity index (χ4v) is 1.81. The molecule has 1 heterocycles. The fraction of sp³-hybridized carbons (Fsp3) is 0.667. The highest BCUT2D eigenvalue weighted by atomic mass is 32.2. The molecule has 0 saturated heterocycles. The average molecular weight is 114 g/mol. The zero-order chi connectivity index (χ0) is 5.28. The first kappa shape index (κ1) is 5.23. The molecule has 0 N–H and O–H groups in total. The van der Waals surface area contributed by atoms with E-state index in [9.17, 15) is 0 Å². The van der Waals surface area contributed by atoms with Crippen LogP contribution < -0.4 is 0 Å². The standard InChI is InChI=1S/C6H10S/c1-5-3-7-4-6(5)2/h3-4H2,1-2H3. The van der Waals surface area contributed by atoms with E-state index in [1.807, 2.05) is 11.8 Å². The smallest absolute Gasteiger partial charge is 0.0146 e. The van der Waals surface area contributed by atoms with Crippen molar-refractivity contribution in [2.24, 2.45) is 0 Å². The molecule has 7 heavy (non-hydrogen) atoms.